The van der Waals surface area contributed by atoms with Gasteiger partial charge in [-0.25, -0.2) is 4.98 Å². The summed E-state index contributed by atoms with van der Waals surface area (Å²) in [4.78, 5) is 10.8. The first-order valence-corrected chi connectivity index (χ1v) is 6.13. The van der Waals surface area contributed by atoms with Gasteiger partial charge in [0.1, 0.15) is 0 Å². The third-order valence-corrected chi connectivity index (χ3v) is 3.53. The highest BCUT2D eigenvalue weighted by Crippen LogP contribution is 2.22. The lowest BCUT2D eigenvalue weighted by molar-refractivity contribution is 0.397. The van der Waals surface area contributed by atoms with E-state index >= 15 is 0 Å². The maximum absolute atomic E-state index is 5.08. The standard InChI is InChI=1S/C10H14BrN3O/c1-15-9-2-4-12-10(13-9)14-5-3-8(6-11)7-14/h2,4,8H,3,5-7H2,1H3. The number of ether oxygens (including phenoxy) is 1. The molecule has 0 aliphatic carbocycles. The summed E-state index contributed by atoms with van der Waals surface area (Å²) in [6, 6.07) is 1.77. The molecule has 1 aliphatic heterocycles. The number of anilines is 1. The Morgan fingerprint density at radius 1 is 1.67 bits per heavy atom. The fraction of sp³-hybridized carbons (Fsp3) is 0.600. The molecular formula is C10H14BrN3O. The maximum atomic E-state index is 5.08. The zero-order valence-electron chi connectivity index (χ0n) is 8.69. The Bertz CT molecular complexity index is 334. The van der Waals surface area contributed by atoms with Gasteiger partial charge >= 0.3 is 0 Å². The molecule has 0 aromatic carbocycles. The van der Waals surface area contributed by atoms with Gasteiger partial charge in [-0.2, -0.15) is 4.98 Å². The lowest BCUT2D eigenvalue weighted by Crippen LogP contribution is -2.22. The predicted molar refractivity (Wildman–Crippen MR) is 62.7 cm³/mol. The molecule has 1 fully saturated rings. The van der Waals surface area contributed by atoms with E-state index < -0.39 is 0 Å². The number of halogens is 1. The molecule has 1 atom stereocenters. The molecule has 0 saturated carbocycles. The molecule has 15 heavy (non-hydrogen) atoms. The summed E-state index contributed by atoms with van der Waals surface area (Å²) < 4.78 is 5.08. The van der Waals surface area contributed by atoms with E-state index in [4.69, 9.17) is 4.74 Å². The molecule has 1 aliphatic rings. The second-order valence-electron chi connectivity index (χ2n) is 3.65. The van der Waals surface area contributed by atoms with Crippen molar-refractivity contribution in [3.8, 4) is 5.88 Å². The van der Waals surface area contributed by atoms with Crippen LogP contribution in [0.1, 0.15) is 6.42 Å². The summed E-state index contributed by atoms with van der Waals surface area (Å²) >= 11 is 3.51. The second kappa shape index (κ2) is 4.79. The highest BCUT2D eigenvalue weighted by molar-refractivity contribution is 9.09. The van der Waals surface area contributed by atoms with Crippen molar-refractivity contribution < 1.29 is 4.74 Å². The molecule has 0 amide bonds. The van der Waals surface area contributed by atoms with Crippen LogP contribution in [0.4, 0.5) is 5.95 Å². The van der Waals surface area contributed by atoms with Crippen molar-refractivity contribution in [2.75, 3.05) is 30.4 Å². The molecule has 0 spiro atoms. The van der Waals surface area contributed by atoms with Crippen molar-refractivity contribution in [3.63, 3.8) is 0 Å². The summed E-state index contributed by atoms with van der Waals surface area (Å²) in [6.45, 7) is 2.06. The van der Waals surface area contributed by atoms with Gasteiger partial charge in [0.25, 0.3) is 0 Å². The van der Waals surface area contributed by atoms with E-state index in [0.717, 1.165) is 24.4 Å². The van der Waals surface area contributed by atoms with Crippen LogP contribution >= 0.6 is 15.9 Å². The third kappa shape index (κ3) is 2.40. The molecule has 0 radical (unpaired) electrons. The molecule has 1 aromatic rings. The first-order valence-electron chi connectivity index (χ1n) is 5.01. The molecular weight excluding hydrogens is 258 g/mol. The molecule has 5 heteroatoms. The number of hydrogen-bond acceptors (Lipinski definition) is 4. The largest absolute Gasteiger partial charge is 0.481 e. The first-order chi connectivity index (χ1) is 7.33. The van der Waals surface area contributed by atoms with E-state index in [1.807, 2.05) is 0 Å². The zero-order valence-corrected chi connectivity index (χ0v) is 10.3. The van der Waals surface area contributed by atoms with Crippen molar-refractivity contribution in [1.82, 2.24) is 9.97 Å². The Kier molecular flexibility index (Phi) is 3.41. The van der Waals surface area contributed by atoms with E-state index in [1.165, 1.54) is 6.42 Å². The predicted octanol–water partition coefficient (Wildman–Crippen LogP) is 1.71. The molecule has 2 rings (SSSR count). The van der Waals surface area contributed by atoms with Crippen LogP contribution in [0.15, 0.2) is 12.3 Å². The number of alkyl halides is 1. The normalized spacial score (nSPS) is 20.7. The molecule has 4 nitrogen and oxygen atoms in total. The maximum Gasteiger partial charge on any atom is 0.228 e. The van der Waals surface area contributed by atoms with Crippen molar-refractivity contribution in [2.45, 2.75) is 6.42 Å². The van der Waals surface area contributed by atoms with Gasteiger partial charge in [0.15, 0.2) is 0 Å². The van der Waals surface area contributed by atoms with E-state index in [-0.39, 0.29) is 0 Å². The number of nitrogens with zero attached hydrogens (tertiary/aromatic N) is 3. The van der Waals surface area contributed by atoms with Crippen LogP contribution < -0.4 is 9.64 Å². The van der Waals surface area contributed by atoms with Gasteiger partial charge in [0, 0.05) is 30.7 Å². The average molecular weight is 272 g/mol. The van der Waals surface area contributed by atoms with Crippen molar-refractivity contribution in [1.29, 1.82) is 0 Å². The molecule has 1 saturated heterocycles. The minimum atomic E-state index is 0.627. The van der Waals surface area contributed by atoms with E-state index in [2.05, 4.69) is 30.8 Å². The summed E-state index contributed by atoms with van der Waals surface area (Å²) in [7, 11) is 1.62. The summed E-state index contributed by atoms with van der Waals surface area (Å²) in [5, 5.41) is 1.05. The Morgan fingerprint density at radius 3 is 3.20 bits per heavy atom. The van der Waals surface area contributed by atoms with Gasteiger partial charge in [0.05, 0.1) is 7.11 Å². The highest BCUT2D eigenvalue weighted by atomic mass is 79.9. The third-order valence-electron chi connectivity index (χ3n) is 2.61. The van der Waals surface area contributed by atoms with E-state index in [0.29, 0.717) is 11.8 Å². The van der Waals surface area contributed by atoms with Gasteiger partial charge in [-0.05, 0) is 12.3 Å². The fourth-order valence-electron chi connectivity index (χ4n) is 1.74. The molecule has 0 bridgehead atoms. The van der Waals surface area contributed by atoms with Crippen LogP contribution in [0.25, 0.3) is 0 Å². The molecule has 82 valence electrons. The van der Waals surface area contributed by atoms with Gasteiger partial charge in [-0.15, -0.1) is 0 Å². The molecule has 1 aromatic heterocycles. The average Bonchev–Trinajstić information content (AvgIpc) is 2.78. The minimum Gasteiger partial charge on any atom is -0.481 e. The second-order valence-corrected chi connectivity index (χ2v) is 4.30. The summed E-state index contributed by atoms with van der Waals surface area (Å²) in [5.41, 5.74) is 0. The highest BCUT2D eigenvalue weighted by Gasteiger charge is 2.23. The Labute approximate surface area is 97.8 Å². The lowest BCUT2D eigenvalue weighted by atomic mass is 10.2. The lowest BCUT2D eigenvalue weighted by Gasteiger charge is -2.15. The van der Waals surface area contributed by atoms with Gasteiger partial charge in [-0.1, -0.05) is 15.9 Å². The SMILES string of the molecule is COc1ccnc(N2CCC(CBr)C2)n1. The topological polar surface area (TPSA) is 38.2 Å². The Balaban J connectivity index is 2.09. The van der Waals surface area contributed by atoms with Crippen LogP contribution in [-0.4, -0.2) is 35.5 Å². The van der Waals surface area contributed by atoms with Crippen LogP contribution in [0.3, 0.4) is 0 Å². The number of hydrogen-bond donors (Lipinski definition) is 0. The van der Waals surface area contributed by atoms with Crippen molar-refractivity contribution >= 4 is 21.9 Å². The van der Waals surface area contributed by atoms with Gasteiger partial charge in [-0.3, -0.25) is 0 Å². The van der Waals surface area contributed by atoms with Crippen molar-refractivity contribution in [2.24, 2.45) is 5.92 Å². The smallest absolute Gasteiger partial charge is 0.228 e. The zero-order chi connectivity index (χ0) is 10.7. The summed E-state index contributed by atoms with van der Waals surface area (Å²) in [6.07, 6.45) is 2.94. The van der Waals surface area contributed by atoms with Crippen LogP contribution in [0.5, 0.6) is 5.88 Å². The van der Waals surface area contributed by atoms with Crippen LogP contribution in [0, 0.1) is 5.92 Å². The van der Waals surface area contributed by atoms with Gasteiger partial charge in [0.2, 0.25) is 11.8 Å². The monoisotopic (exact) mass is 271 g/mol. The number of rotatable bonds is 3. The van der Waals surface area contributed by atoms with Gasteiger partial charge < -0.3 is 9.64 Å². The molecule has 1 unspecified atom stereocenters. The first kappa shape index (κ1) is 10.7. The fourth-order valence-corrected chi connectivity index (χ4v) is 2.27. The van der Waals surface area contributed by atoms with Crippen molar-refractivity contribution in [3.05, 3.63) is 12.3 Å². The molecule has 2 heterocycles. The van der Waals surface area contributed by atoms with E-state index in [9.17, 15) is 0 Å². The minimum absolute atomic E-state index is 0.627. The number of methoxy groups -OCH3 is 1. The van der Waals surface area contributed by atoms with E-state index in [1.54, 1.807) is 19.4 Å². The van der Waals surface area contributed by atoms with Crippen LogP contribution in [0.2, 0.25) is 0 Å². The molecule has 0 N–H and O–H groups in total. The summed E-state index contributed by atoms with van der Waals surface area (Å²) in [5.74, 6) is 2.11. The van der Waals surface area contributed by atoms with Crippen LogP contribution in [-0.2, 0) is 0 Å². The Morgan fingerprint density at radius 2 is 2.53 bits per heavy atom. The Hall–Kier alpha value is -0.840. The quantitative estimate of drug-likeness (QED) is 0.785. The number of aromatic nitrogens is 2.